The number of piperidine rings is 1. The first-order valence-corrected chi connectivity index (χ1v) is 14.1. The maximum atomic E-state index is 11.8. The van der Waals surface area contributed by atoms with E-state index in [-0.39, 0.29) is 11.1 Å². The Morgan fingerprint density at radius 1 is 0.917 bits per heavy atom. The first kappa shape index (κ1) is 24.4. The molecule has 194 valence electrons. The summed E-state index contributed by atoms with van der Waals surface area (Å²) < 4.78 is 0. The molecule has 2 saturated carbocycles. The van der Waals surface area contributed by atoms with E-state index in [1.807, 2.05) is 12.4 Å². The van der Waals surface area contributed by atoms with Gasteiger partial charge in [0.25, 0.3) is 0 Å². The number of aliphatic hydroxyl groups excluding tert-OH is 1. The first-order chi connectivity index (χ1) is 17.5. The second-order valence-electron chi connectivity index (χ2n) is 12.1. The van der Waals surface area contributed by atoms with E-state index in [1.165, 1.54) is 24.1 Å². The van der Waals surface area contributed by atoms with Gasteiger partial charge in [0.1, 0.15) is 0 Å². The Morgan fingerprint density at radius 2 is 1.58 bits per heavy atom. The van der Waals surface area contributed by atoms with E-state index < -0.39 is 6.35 Å². The zero-order valence-electron chi connectivity index (χ0n) is 22.1. The quantitative estimate of drug-likeness (QED) is 0.659. The molecule has 1 aromatic carbocycles. The van der Waals surface area contributed by atoms with E-state index >= 15 is 0 Å². The number of pyridine rings is 1. The minimum atomic E-state index is -0.438. The van der Waals surface area contributed by atoms with Gasteiger partial charge in [0.2, 0.25) is 0 Å². The Kier molecular flexibility index (Phi) is 6.57. The van der Waals surface area contributed by atoms with Crippen LogP contribution in [-0.4, -0.2) is 83.0 Å². The van der Waals surface area contributed by atoms with Gasteiger partial charge in [-0.25, -0.2) is 0 Å². The van der Waals surface area contributed by atoms with Gasteiger partial charge in [-0.15, -0.1) is 0 Å². The summed E-state index contributed by atoms with van der Waals surface area (Å²) in [6, 6.07) is 15.8. The average Bonchev–Trinajstić information content (AvgIpc) is 3.72. The number of anilines is 1. The van der Waals surface area contributed by atoms with Crippen molar-refractivity contribution in [1.82, 2.24) is 19.7 Å². The molecule has 2 aromatic rings. The molecular formula is C30H43N5O. The third-order valence-electron chi connectivity index (χ3n) is 9.95. The molecule has 4 aliphatic rings. The van der Waals surface area contributed by atoms with Crippen LogP contribution in [0.15, 0.2) is 54.9 Å². The van der Waals surface area contributed by atoms with Crippen molar-refractivity contribution in [2.75, 3.05) is 45.2 Å². The molecule has 0 bridgehead atoms. The molecule has 3 heterocycles. The lowest BCUT2D eigenvalue weighted by Gasteiger charge is -2.51. The number of benzene rings is 1. The fraction of sp³-hybridized carbons (Fsp3) is 0.633. The number of aromatic nitrogens is 1. The highest BCUT2D eigenvalue weighted by Crippen LogP contribution is 2.51. The molecule has 1 unspecified atom stereocenters. The molecule has 6 heteroatoms. The maximum absolute atomic E-state index is 11.8. The summed E-state index contributed by atoms with van der Waals surface area (Å²) in [5.41, 5.74) is 2.90. The average molecular weight is 490 g/mol. The van der Waals surface area contributed by atoms with Crippen molar-refractivity contribution in [2.24, 2.45) is 5.92 Å². The van der Waals surface area contributed by atoms with Crippen LogP contribution in [0.3, 0.4) is 0 Å². The van der Waals surface area contributed by atoms with Crippen molar-refractivity contribution in [3.63, 3.8) is 0 Å². The van der Waals surface area contributed by atoms with Crippen LogP contribution in [0.4, 0.5) is 5.69 Å². The number of hydrogen-bond acceptors (Lipinski definition) is 6. The lowest BCUT2D eigenvalue weighted by atomic mass is 9.68. The molecule has 2 saturated heterocycles. The van der Waals surface area contributed by atoms with Crippen LogP contribution in [0.25, 0.3) is 0 Å². The van der Waals surface area contributed by atoms with E-state index in [9.17, 15) is 5.11 Å². The summed E-state index contributed by atoms with van der Waals surface area (Å²) in [6.07, 6.45) is 12.8. The molecular weight excluding hydrogens is 446 g/mol. The zero-order chi connectivity index (χ0) is 24.8. The Labute approximate surface area is 216 Å². The van der Waals surface area contributed by atoms with Crippen LogP contribution in [0.1, 0.15) is 56.9 Å². The van der Waals surface area contributed by atoms with E-state index in [0.717, 1.165) is 70.6 Å². The zero-order valence-corrected chi connectivity index (χ0v) is 22.1. The van der Waals surface area contributed by atoms with E-state index in [2.05, 4.69) is 81.1 Å². The third kappa shape index (κ3) is 4.36. The SMILES string of the molecule is CN(C)[C@]1(c2ccccc2)CC[C@]2(CC1)CN(C1CCN(c3ccncc3)CC1)C(O)N2CC1CC1. The van der Waals surface area contributed by atoms with Gasteiger partial charge in [0, 0.05) is 61.4 Å². The van der Waals surface area contributed by atoms with Crippen LogP contribution in [0.2, 0.25) is 0 Å². The standard InChI is InChI=1S/C30H43N5O/c1-32(2)30(25-6-4-3-5-7-25)16-14-29(15-17-30)23-34(28(36)35(29)22-24-8-9-24)27-12-20-33(21-13-27)26-10-18-31-19-11-26/h3-7,10-11,18-19,24,27-28,36H,8-9,12-17,20-23H2,1-2H3/t28?,29-,30+. The van der Waals surface area contributed by atoms with Crippen LogP contribution in [0.5, 0.6) is 0 Å². The molecule has 4 fully saturated rings. The van der Waals surface area contributed by atoms with Crippen molar-refractivity contribution in [2.45, 2.75) is 74.8 Å². The van der Waals surface area contributed by atoms with E-state index in [1.54, 1.807) is 0 Å². The fourth-order valence-electron chi connectivity index (χ4n) is 7.45. The molecule has 2 aliphatic carbocycles. The Bertz CT molecular complexity index is 995. The normalized spacial score (nSPS) is 32.6. The van der Waals surface area contributed by atoms with Crippen molar-refractivity contribution in [1.29, 1.82) is 0 Å². The van der Waals surface area contributed by atoms with Crippen molar-refractivity contribution >= 4 is 5.69 Å². The monoisotopic (exact) mass is 489 g/mol. The van der Waals surface area contributed by atoms with Crippen molar-refractivity contribution in [3.8, 4) is 0 Å². The summed E-state index contributed by atoms with van der Waals surface area (Å²) in [4.78, 5) is 14.1. The Hall–Kier alpha value is -1.99. The summed E-state index contributed by atoms with van der Waals surface area (Å²) in [7, 11) is 4.50. The van der Waals surface area contributed by atoms with Gasteiger partial charge >= 0.3 is 0 Å². The third-order valence-corrected chi connectivity index (χ3v) is 9.95. The predicted molar refractivity (Wildman–Crippen MR) is 145 cm³/mol. The highest BCUT2D eigenvalue weighted by Gasteiger charge is 2.56. The van der Waals surface area contributed by atoms with Gasteiger partial charge in [-0.1, -0.05) is 30.3 Å². The molecule has 36 heavy (non-hydrogen) atoms. The number of aliphatic hydroxyl groups is 1. The second kappa shape index (κ2) is 9.71. The van der Waals surface area contributed by atoms with Crippen LogP contribution in [-0.2, 0) is 5.54 Å². The molecule has 2 aliphatic heterocycles. The van der Waals surface area contributed by atoms with E-state index in [4.69, 9.17) is 0 Å². The Balaban J connectivity index is 1.19. The summed E-state index contributed by atoms with van der Waals surface area (Å²) in [6.45, 7) is 4.17. The highest BCUT2D eigenvalue weighted by atomic mass is 16.3. The maximum Gasteiger partial charge on any atom is 0.166 e. The summed E-state index contributed by atoms with van der Waals surface area (Å²) >= 11 is 0. The molecule has 6 nitrogen and oxygen atoms in total. The fourth-order valence-corrected chi connectivity index (χ4v) is 7.45. The van der Waals surface area contributed by atoms with Crippen LogP contribution < -0.4 is 4.90 Å². The van der Waals surface area contributed by atoms with Gasteiger partial charge in [0.05, 0.1) is 0 Å². The minimum Gasteiger partial charge on any atom is -0.371 e. The van der Waals surface area contributed by atoms with Gasteiger partial charge in [-0.3, -0.25) is 19.7 Å². The van der Waals surface area contributed by atoms with Crippen molar-refractivity contribution in [3.05, 3.63) is 60.4 Å². The molecule has 0 amide bonds. The Morgan fingerprint density at radius 3 is 2.19 bits per heavy atom. The molecule has 1 N–H and O–H groups in total. The number of hydrogen-bond donors (Lipinski definition) is 1. The first-order valence-electron chi connectivity index (χ1n) is 14.1. The lowest BCUT2D eigenvalue weighted by Crippen LogP contribution is -2.56. The molecule has 1 atom stereocenters. The van der Waals surface area contributed by atoms with Crippen LogP contribution in [0, 0.1) is 5.92 Å². The van der Waals surface area contributed by atoms with Crippen LogP contribution >= 0.6 is 0 Å². The molecule has 1 spiro atoms. The second-order valence-corrected chi connectivity index (χ2v) is 12.1. The number of nitrogens with zero attached hydrogens (tertiary/aromatic N) is 5. The minimum absolute atomic E-state index is 0.0893. The van der Waals surface area contributed by atoms with Crippen molar-refractivity contribution < 1.29 is 5.11 Å². The predicted octanol–water partition coefficient (Wildman–Crippen LogP) is 4.12. The highest BCUT2D eigenvalue weighted by molar-refractivity contribution is 5.45. The molecule has 0 radical (unpaired) electrons. The molecule has 6 rings (SSSR count). The van der Waals surface area contributed by atoms with Gasteiger partial charge in [-0.2, -0.15) is 0 Å². The van der Waals surface area contributed by atoms with Gasteiger partial charge in [-0.05, 0) is 89.1 Å². The summed E-state index contributed by atoms with van der Waals surface area (Å²) in [5.74, 6) is 0.777. The van der Waals surface area contributed by atoms with Gasteiger partial charge in [0.15, 0.2) is 6.35 Å². The van der Waals surface area contributed by atoms with E-state index in [0.29, 0.717) is 6.04 Å². The number of rotatable bonds is 6. The lowest BCUT2D eigenvalue weighted by molar-refractivity contribution is -0.105. The topological polar surface area (TPSA) is 46.1 Å². The molecule has 1 aromatic heterocycles. The smallest absolute Gasteiger partial charge is 0.166 e. The summed E-state index contributed by atoms with van der Waals surface area (Å²) in [5, 5.41) is 11.8. The largest absolute Gasteiger partial charge is 0.371 e. The van der Waals surface area contributed by atoms with Gasteiger partial charge < -0.3 is 10.0 Å².